The first-order chi connectivity index (χ1) is 7.65. The summed E-state index contributed by atoms with van der Waals surface area (Å²) in [6.45, 7) is 12.9. The van der Waals surface area contributed by atoms with Crippen LogP contribution in [0.4, 0.5) is 0 Å². The van der Waals surface area contributed by atoms with E-state index in [9.17, 15) is 0 Å². The molecule has 2 atom stereocenters. The second-order valence-corrected chi connectivity index (χ2v) is 5.09. The van der Waals surface area contributed by atoms with Crippen molar-refractivity contribution >= 4 is 0 Å². The summed E-state index contributed by atoms with van der Waals surface area (Å²) in [7, 11) is 0. The fourth-order valence-corrected chi connectivity index (χ4v) is 2.45. The van der Waals surface area contributed by atoms with Gasteiger partial charge in [0.2, 0.25) is 0 Å². The molecule has 1 N–H and O–H groups in total. The van der Waals surface area contributed by atoms with Gasteiger partial charge in [0.25, 0.3) is 0 Å². The largest absolute Gasteiger partial charge is 0.380 e. The number of nitrogens with zero attached hydrogens (tertiary/aromatic N) is 1. The van der Waals surface area contributed by atoms with Crippen LogP contribution < -0.4 is 5.32 Å². The van der Waals surface area contributed by atoms with E-state index >= 15 is 0 Å². The molecule has 0 radical (unpaired) electrons. The van der Waals surface area contributed by atoms with E-state index in [4.69, 9.17) is 4.74 Å². The number of rotatable bonds is 7. The molecule has 96 valence electrons. The van der Waals surface area contributed by atoms with E-state index in [2.05, 4.69) is 37.9 Å². The lowest BCUT2D eigenvalue weighted by molar-refractivity contribution is 0.0536. The summed E-state index contributed by atoms with van der Waals surface area (Å²) in [5, 5.41) is 3.57. The fraction of sp³-hybridized carbons (Fsp3) is 1.00. The van der Waals surface area contributed by atoms with Crippen LogP contribution in [0, 0.1) is 0 Å². The Morgan fingerprint density at radius 3 is 2.62 bits per heavy atom. The lowest BCUT2D eigenvalue weighted by Crippen LogP contribution is -2.47. The van der Waals surface area contributed by atoms with E-state index in [1.807, 2.05) is 0 Å². The van der Waals surface area contributed by atoms with Crippen LogP contribution in [0.1, 0.15) is 40.5 Å². The van der Waals surface area contributed by atoms with Gasteiger partial charge in [0.15, 0.2) is 0 Å². The summed E-state index contributed by atoms with van der Waals surface area (Å²) in [6.07, 6.45) is 2.65. The lowest BCUT2D eigenvalue weighted by atomic mass is 10.1. The van der Waals surface area contributed by atoms with Crippen molar-refractivity contribution in [3.63, 3.8) is 0 Å². The van der Waals surface area contributed by atoms with Gasteiger partial charge in [-0.2, -0.15) is 0 Å². The molecule has 3 heteroatoms. The third-order valence-corrected chi connectivity index (χ3v) is 3.39. The standard InChI is InChI=1S/C13H28N2O/c1-5-16-10-12(4)15(11(2)3)9-13-7-6-8-14-13/h11-14H,5-10H2,1-4H3. The van der Waals surface area contributed by atoms with Crippen LogP contribution in [0.5, 0.6) is 0 Å². The second kappa shape index (κ2) is 7.25. The topological polar surface area (TPSA) is 24.5 Å². The molecule has 0 bridgehead atoms. The molecule has 1 rings (SSSR count). The van der Waals surface area contributed by atoms with Gasteiger partial charge in [-0.05, 0) is 47.1 Å². The van der Waals surface area contributed by atoms with Crippen molar-refractivity contribution in [2.45, 2.75) is 58.7 Å². The molecule has 1 fully saturated rings. The third-order valence-electron chi connectivity index (χ3n) is 3.39. The van der Waals surface area contributed by atoms with Gasteiger partial charge in [-0.15, -0.1) is 0 Å². The van der Waals surface area contributed by atoms with Crippen LogP contribution in [0.15, 0.2) is 0 Å². The van der Waals surface area contributed by atoms with Crippen molar-refractivity contribution < 1.29 is 4.74 Å². The zero-order chi connectivity index (χ0) is 12.0. The first-order valence-corrected chi connectivity index (χ1v) is 6.72. The van der Waals surface area contributed by atoms with Crippen LogP contribution in [0.25, 0.3) is 0 Å². The molecule has 0 aromatic heterocycles. The van der Waals surface area contributed by atoms with Gasteiger partial charge in [0.05, 0.1) is 6.61 Å². The molecule has 1 aliphatic heterocycles. The zero-order valence-electron chi connectivity index (χ0n) is 11.3. The smallest absolute Gasteiger partial charge is 0.0619 e. The summed E-state index contributed by atoms with van der Waals surface area (Å²) >= 11 is 0. The number of hydrogen-bond donors (Lipinski definition) is 1. The van der Waals surface area contributed by atoms with Crippen molar-refractivity contribution in [3.05, 3.63) is 0 Å². The molecule has 0 saturated carbocycles. The number of nitrogens with one attached hydrogen (secondary N) is 1. The molecule has 1 saturated heterocycles. The predicted octanol–water partition coefficient (Wildman–Crippen LogP) is 1.87. The summed E-state index contributed by atoms with van der Waals surface area (Å²) in [5.41, 5.74) is 0. The molecule has 2 unspecified atom stereocenters. The molecule has 0 amide bonds. The number of ether oxygens (including phenoxy) is 1. The van der Waals surface area contributed by atoms with Crippen molar-refractivity contribution in [2.24, 2.45) is 0 Å². The lowest BCUT2D eigenvalue weighted by Gasteiger charge is -2.34. The van der Waals surface area contributed by atoms with Crippen molar-refractivity contribution in [1.29, 1.82) is 0 Å². The molecule has 3 nitrogen and oxygen atoms in total. The molecule has 1 heterocycles. The quantitative estimate of drug-likeness (QED) is 0.720. The van der Waals surface area contributed by atoms with Crippen LogP contribution in [0.2, 0.25) is 0 Å². The maximum Gasteiger partial charge on any atom is 0.0619 e. The van der Waals surface area contributed by atoms with Crippen LogP contribution in [-0.2, 0) is 4.74 Å². The Bertz CT molecular complexity index is 179. The Labute approximate surface area is 101 Å². The highest BCUT2D eigenvalue weighted by molar-refractivity contribution is 4.81. The van der Waals surface area contributed by atoms with E-state index in [1.54, 1.807) is 0 Å². The molecule has 0 spiro atoms. The van der Waals surface area contributed by atoms with Gasteiger partial charge in [0, 0.05) is 31.3 Å². The maximum absolute atomic E-state index is 5.53. The Morgan fingerprint density at radius 1 is 1.38 bits per heavy atom. The van der Waals surface area contributed by atoms with Crippen LogP contribution in [0.3, 0.4) is 0 Å². The van der Waals surface area contributed by atoms with Gasteiger partial charge in [-0.25, -0.2) is 0 Å². The van der Waals surface area contributed by atoms with Gasteiger partial charge < -0.3 is 10.1 Å². The summed E-state index contributed by atoms with van der Waals surface area (Å²) in [6, 6.07) is 1.80. The van der Waals surface area contributed by atoms with E-state index < -0.39 is 0 Å². The molecule has 1 aliphatic rings. The fourth-order valence-electron chi connectivity index (χ4n) is 2.45. The van der Waals surface area contributed by atoms with E-state index in [-0.39, 0.29) is 0 Å². The molecular weight excluding hydrogens is 200 g/mol. The number of hydrogen-bond acceptors (Lipinski definition) is 3. The second-order valence-electron chi connectivity index (χ2n) is 5.09. The first kappa shape index (κ1) is 13.9. The monoisotopic (exact) mass is 228 g/mol. The Hall–Kier alpha value is -0.120. The minimum atomic E-state index is 0.516. The van der Waals surface area contributed by atoms with Crippen LogP contribution in [-0.4, -0.2) is 49.3 Å². The van der Waals surface area contributed by atoms with E-state index in [0.717, 1.165) is 19.8 Å². The summed E-state index contributed by atoms with van der Waals surface area (Å²) in [5.74, 6) is 0. The Balaban J connectivity index is 2.38. The first-order valence-electron chi connectivity index (χ1n) is 6.72. The zero-order valence-corrected chi connectivity index (χ0v) is 11.3. The maximum atomic E-state index is 5.53. The Morgan fingerprint density at radius 2 is 2.12 bits per heavy atom. The van der Waals surface area contributed by atoms with Gasteiger partial charge >= 0.3 is 0 Å². The average molecular weight is 228 g/mol. The van der Waals surface area contributed by atoms with Gasteiger partial charge in [-0.3, -0.25) is 4.90 Å². The summed E-state index contributed by atoms with van der Waals surface area (Å²) in [4.78, 5) is 2.55. The van der Waals surface area contributed by atoms with Gasteiger partial charge in [-0.1, -0.05) is 0 Å². The summed E-state index contributed by atoms with van der Waals surface area (Å²) < 4.78 is 5.53. The van der Waals surface area contributed by atoms with Crippen molar-refractivity contribution in [2.75, 3.05) is 26.3 Å². The highest BCUT2D eigenvalue weighted by Crippen LogP contribution is 2.12. The Kier molecular flexibility index (Phi) is 6.32. The third kappa shape index (κ3) is 4.40. The molecular formula is C13H28N2O. The van der Waals surface area contributed by atoms with Gasteiger partial charge in [0.1, 0.15) is 0 Å². The van der Waals surface area contributed by atoms with E-state index in [0.29, 0.717) is 18.1 Å². The normalized spacial score (nSPS) is 23.2. The molecule has 0 aliphatic carbocycles. The molecule has 0 aromatic carbocycles. The molecule has 0 aromatic rings. The minimum absolute atomic E-state index is 0.516. The van der Waals surface area contributed by atoms with Crippen LogP contribution >= 0.6 is 0 Å². The average Bonchev–Trinajstić information content (AvgIpc) is 2.74. The SMILES string of the molecule is CCOCC(C)N(CC1CCCN1)C(C)C. The minimum Gasteiger partial charge on any atom is -0.380 e. The van der Waals surface area contributed by atoms with E-state index in [1.165, 1.54) is 19.4 Å². The van der Waals surface area contributed by atoms with Crippen molar-refractivity contribution in [1.82, 2.24) is 10.2 Å². The molecule has 16 heavy (non-hydrogen) atoms. The predicted molar refractivity (Wildman–Crippen MR) is 68.8 cm³/mol. The highest BCUT2D eigenvalue weighted by Gasteiger charge is 2.23. The highest BCUT2D eigenvalue weighted by atomic mass is 16.5. The van der Waals surface area contributed by atoms with Crippen molar-refractivity contribution in [3.8, 4) is 0 Å².